The summed E-state index contributed by atoms with van der Waals surface area (Å²) < 4.78 is 20.3. The van der Waals surface area contributed by atoms with Crippen LogP contribution in [0.1, 0.15) is 36.2 Å². The maximum absolute atomic E-state index is 14.5. The topological polar surface area (TPSA) is 75.6 Å². The number of alkyl halides is 1. The summed E-state index contributed by atoms with van der Waals surface area (Å²) in [7, 11) is 0. The van der Waals surface area contributed by atoms with Crippen LogP contribution >= 0.6 is 0 Å². The van der Waals surface area contributed by atoms with E-state index in [-0.39, 0.29) is 23.7 Å². The van der Waals surface area contributed by atoms with Gasteiger partial charge >= 0.3 is 0 Å². The van der Waals surface area contributed by atoms with E-state index in [0.717, 1.165) is 6.42 Å². The van der Waals surface area contributed by atoms with Crippen molar-refractivity contribution in [2.45, 2.75) is 43.5 Å². The third kappa shape index (κ3) is 2.88. The van der Waals surface area contributed by atoms with Crippen LogP contribution in [0, 0.1) is 0 Å². The Labute approximate surface area is 145 Å². The molecule has 0 bridgehead atoms. The molecule has 2 amide bonds. The lowest BCUT2D eigenvalue weighted by Crippen LogP contribution is -2.64. The van der Waals surface area contributed by atoms with Crippen LogP contribution in [-0.4, -0.2) is 75.6 Å². The van der Waals surface area contributed by atoms with Gasteiger partial charge in [-0.05, 0) is 25.7 Å². The van der Waals surface area contributed by atoms with Crippen LogP contribution in [0.25, 0.3) is 0 Å². The molecule has 2 aliphatic heterocycles. The van der Waals surface area contributed by atoms with Gasteiger partial charge in [0.15, 0.2) is 5.67 Å². The van der Waals surface area contributed by atoms with Crippen LogP contribution in [0.2, 0.25) is 0 Å². The molecule has 1 aromatic rings. The number of hydrogen-bond acceptors (Lipinski definition) is 5. The van der Waals surface area contributed by atoms with Gasteiger partial charge in [0.05, 0.1) is 24.9 Å². The van der Waals surface area contributed by atoms with E-state index in [9.17, 15) is 14.0 Å². The molecule has 0 spiro atoms. The molecule has 1 aromatic heterocycles. The molecular weight excluding hydrogens is 327 g/mol. The summed E-state index contributed by atoms with van der Waals surface area (Å²) in [6, 6.07) is -0.273. The Morgan fingerprint density at radius 1 is 1.28 bits per heavy atom. The fraction of sp³-hybridized carbons (Fsp3) is 0.647. The van der Waals surface area contributed by atoms with E-state index in [0.29, 0.717) is 45.5 Å². The highest BCUT2D eigenvalue weighted by atomic mass is 19.1. The predicted molar refractivity (Wildman–Crippen MR) is 85.5 cm³/mol. The van der Waals surface area contributed by atoms with Crippen molar-refractivity contribution in [3.05, 3.63) is 24.3 Å². The molecule has 25 heavy (non-hydrogen) atoms. The molecule has 1 aliphatic carbocycles. The maximum atomic E-state index is 14.5. The van der Waals surface area contributed by atoms with Gasteiger partial charge in [0.1, 0.15) is 5.69 Å². The smallest absolute Gasteiger partial charge is 0.274 e. The SMILES string of the molecule is O=C(c1cnccn1)N1CCO[C@H]2CCN(C(=O)C3(F)CCC3)C[C@@H]21. The molecule has 2 atom stereocenters. The molecule has 0 N–H and O–H groups in total. The van der Waals surface area contributed by atoms with Gasteiger partial charge in [0, 0.05) is 32.0 Å². The van der Waals surface area contributed by atoms with Crippen molar-refractivity contribution in [1.29, 1.82) is 0 Å². The Morgan fingerprint density at radius 2 is 2.12 bits per heavy atom. The summed E-state index contributed by atoms with van der Waals surface area (Å²) in [6.07, 6.45) is 6.26. The zero-order valence-corrected chi connectivity index (χ0v) is 13.9. The van der Waals surface area contributed by atoms with Crippen LogP contribution in [-0.2, 0) is 9.53 Å². The van der Waals surface area contributed by atoms with Gasteiger partial charge in [-0.15, -0.1) is 0 Å². The zero-order valence-electron chi connectivity index (χ0n) is 13.9. The number of piperidine rings is 1. The fourth-order valence-electron chi connectivity index (χ4n) is 3.85. The minimum absolute atomic E-state index is 0.129. The highest BCUT2D eigenvalue weighted by molar-refractivity contribution is 5.92. The van der Waals surface area contributed by atoms with Gasteiger partial charge in [-0.25, -0.2) is 9.37 Å². The maximum Gasteiger partial charge on any atom is 0.274 e. The number of fused-ring (bicyclic) bond motifs is 1. The number of halogens is 1. The second-order valence-corrected chi connectivity index (χ2v) is 6.92. The Hall–Kier alpha value is -2.09. The first-order chi connectivity index (χ1) is 12.1. The van der Waals surface area contributed by atoms with Gasteiger partial charge < -0.3 is 14.5 Å². The van der Waals surface area contributed by atoms with Crippen molar-refractivity contribution in [3.8, 4) is 0 Å². The third-order valence-electron chi connectivity index (χ3n) is 5.44. The van der Waals surface area contributed by atoms with E-state index < -0.39 is 11.6 Å². The largest absolute Gasteiger partial charge is 0.374 e. The Bertz CT molecular complexity index is 667. The average molecular weight is 348 g/mol. The van der Waals surface area contributed by atoms with E-state index in [4.69, 9.17) is 4.74 Å². The van der Waals surface area contributed by atoms with Gasteiger partial charge in [-0.2, -0.15) is 0 Å². The molecular formula is C17H21FN4O3. The Kier molecular flexibility index (Phi) is 4.15. The van der Waals surface area contributed by atoms with Crippen molar-refractivity contribution in [3.63, 3.8) is 0 Å². The van der Waals surface area contributed by atoms with Crippen molar-refractivity contribution in [2.75, 3.05) is 26.2 Å². The number of carbonyl (C=O) groups excluding carboxylic acids is 2. The van der Waals surface area contributed by atoms with Gasteiger partial charge in [-0.1, -0.05) is 0 Å². The number of carbonyl (C=O) groups is 2. The second kappa shape index (κ2) is 6.33. The van der Waals surface area contributed by atoms with Gasteiger partial charge in [0.2, 0.25) is 0 Å². The highest BCUT2D eigenvalue weighted by Gasteiger charge is 2.49. The van der Waals surface area contributed by atoms with Crippen molar-refractivity contribution < 1.29 is 18.7 Å². The number of hydrogen-bond donors (Lipinski definition) is 0. The van der Waals surface area contributed by atoms with E-state index in [1.807, 2.05) is 0 Å². The van der Waals surface area contributed by atoms with E-state index in [2.05, 4.69) is 9.97 Å². The highest BCUT2D eigenvalue weighted by Crippen LogP contribution is 2.38. The first kappa shape index (κ1) is 16.4. The molecule has 3 heterocycles. The van der Waals surface area contributed by atoms with Crippen LogP contribution < -0.4 is 0 Å². The molecule has 1 saturated carbocycles. The lowest BCUT2D eigenvalue weighted by Gasteiger charge is -2.48. The number of aromatic nitrogens is 2. The normalized spacial score (nSPS) is 28.0. The molecule has 0 unspecified atom stereocenters. The third-order valence-corrected chi connectivity index (χ3v) is 5.44. The number of likely N-dealkylation sites (tertiary alicyclic amines) is 1. The number of nitrogens with zero attached hydrogens (tertiary/aromatic N) is 4. The summed E-state index contributed by atoms with van der Waals surface area (Å²) in [5.74, 6) is -0.658. The Morgan fingerprint density at radius 3 is 2.80 bits per heavy atom. The molecule has 0 aromatic carbocycles. The van der Waals surface area contributed by atoms with Crippen molar-refractivity contribution >= 4 is 11.8 Å². The number of morpholine rings is 1. The van der Waals surface area contributed by atoms with Crippen molar-refractivity contribution in [2.24, 2.45) is 0 Å². The zero-order chi connectivity index (χ0) is 17.4. The molecule has 3 fully saturated rings. The molecule has 8 heteroatoms. The predicted octanol–water partition coefficient (Wildman–Crippen LogP) is 0.811. The van der Waals surface area contributed by atoms with E-state index in [1.165, 1.54) is 18.6 Å². The van der Waals surface area contributed by atoms with Crippen LogP contribution in [0.4, 0.5) is 4.39 Å². The van der Waals surface area contributed by atoms with Crippen molar-refractivity contribution in [1.82, 2.24) is 19.8 Å². The standard InChI is InChI=1S/C17H21FN4O3/c18-17(3-1-4-17)16(24)21-7-2-14-13(11-21)22(8-9-25-14)15(23)12-10-19-5-6-20-12/h5-6,10,13-14H,1-4,7-9,11H2/t13-,14-/m0/s1. The van der Waals surface area contributed by atoms with Gasteiger partial charge in [0.25, 0.3) is 11.8 Å². The summed E-state index contributed by atoms with van der Waals surface area (Å²) in [6.45, 7) is 1.66. The van der Waals surface area contributed by atoms with E-state index >= 15 is 0 Å². The first-order valence-corrected chi connectivity index (χ1v) is 8.75. The summed E-state index contributed by atoms with van der Waals surface area (Å²) in [4.78, 5) is 36.6. The van der Waals surface area contributed by atoms with Gasteiger partial charge in [-0.3, -0.25) is 14.6 Å². The lowest BCUT2D eigenvalue weighted by molar-refractivity contribution is -0.158. The summed E-state index contributed by atoms with van der Waals surface area (Å²) in [5, 5.41) is 0. The average Bonchev–Trinajstić information content (AvgIpc) is 2.64. The number of amides is 2. The minimum Gasteiger partial charge on any atom is -0.374 e. The number of rotatable bonds is 2. The minimum atomic E-state index is -1.71. The lowest BCUT2D eigenvalue weighted by atomic mass is 9.80. The molecule has 2 saturated heterocycles. The monoisotopic (exact) mass is 348 g/mol. The quantitative estimate of drug-likeness (QED) is 0.791. The van der Waals surface area contributed by atoms with Crippen LogP contribution in [0.3, 0.4) is 0 Å². The molecule has 3 aliphatic rings. The van der Waals surface area contributed by atoms with Crippen LogP contribution in [0.15, 0.2) is 18.6 Å². The fourth-order valence-corrected chi connectivity index (χ4v) is 3.85. The van der Waals surface area contributed by atoms with Crippen LogP contribution in [0.5, 0.6) is 0 Å². The first-order valence-electron chi connectivity index (χ1n) is 8.75. The molecule has 4 rings (SSSR count). The molecule has 134 valence electrons. The molecule has 0 radical (unpaired) electrons. The summed E-state index contributed by atoms with van der Waals surface area (Å²) >= 11 is 0. The Balaban J connectivity index is 1.52. The number of ether oxygens (including phenoxy) is 1. The second-order valence-electron chi connectivity index (χ2n) is 6.92. The molecule has 7 nitrogen and oxygen atoms in total. The summed E-state index contributed by atoms with van der Waals surface area (Å²) in [5.41, 5.74) is -1.44. The van der Waals surface area contributed by atoms with E-state index in [1.54, 1.807) is 9.80 Å².